The predicted molar refractivity (Wildman–Crippen MR) is 59.8 cm³/mol. The van der Waals surface area contributed by atoms with Crippen molar-refractivity contribution in [1.82, 2.24) is 25.2 Å². The average Bonchev–Trinajstić information content (AvgIpc) is 2.73. The molecule has 1 aliphatic rings. The molecule has 0 radical (unpaired) electrons. The molecule has 0 aromatic carbocycles. The van der Waals surface area contributed by atoms with Crippen LogP contribution in [0.15, 0.2) is 6.20 Å². The van der Waals surface area contributed by atoms with Crippen molar-refractivity contribution in [2.24, 2.45) is 0 Å². The molecule has 0 atom stereocenters. The van der Waals surface area contributed by atoms with Crippen LogP contribution in [0.5, 0.6) is 0 Å². The first-order valence-electron chi connectivity index (χ1n) is 5.23. The molecule has 2 amide bonds. The van der Waals surface area contributed by atoms with Gasteiger partial charge in [0.1, 0.15) is 0 Å². The van der Waals surface area contributed by atoms with E-state index in [1.54, 1.807) is 4.90 Å². The summed E-state index contributed by atoms with van der Waals surface area (Å²) in [5, 5.41) is 18.5. The highest BCUT2D eigenvalue weighted by molar-refractivity contribution is 5.84. The first-order chi connectivity index (χ1) is 8.61. The van der Waals surface area contributed by atoms with Crippen molar-refractivity contribution in [1.29, 1.82) is 0 Å². The van der Waals surface area contributed by atoms with Gasteiger partial charge in [-0.2, -0.15) is 0 Å². The van der Waals surface area contributed by atoms with Crippen LogP contribution in [0.1, 0.15) is 16.5 Å². The maximum Gasteiger partial charge on any atom is 0.358 e. The number of carbonyl (C=O) groups is 2. The van der Waals surface area contributed by atoms with Crippen LogP contribution in [-0.4, -0.2) is 56.6 Å². The lowest BCUT2D eigenvalue weighted by molar-refractivity contribution is 0.0690. The molecule has 8 heteroatoms. The van der Waals surface area contributed by atoms with Crippen LogP contribution in [0.3, 0.4) is 0 Å². The Hall–Kier alpha value is -2.56. The number of carbonyl (C=O) groups excluding carboxylic acids is 1. The molecular formula is C10H11N5O3. The van der Waals surface area contributed by atoms with E-state index < -0.39 is 5.97 Å². The van der Waals surface area contributed by atoms with E-state index in [2.05, 4.69) is 21.5 Å². The summed E-state index contributed by atoms with van der Waals surface area (Å²) in [6, 6.07) is -0.273. The van der Waals surface area contributed by atoms with Gasteiger partial charge in [-0.15, -0.1) is 11.5 Å². The molecule has 8 nitrogen and oxygen atoms in total. The number of hydrogen-bond acceptors (Lipinski definition) is 4. The second-order valence-electron chi connectivity index (χ2n) is 3.81. The third-order valence-electron chi connectivity index (χ3n) is 2.59. The molecule has 1 aliphatic heterocycles. The fourth-order valence-corrected chi connectivity index (χ4v) is 1.58. The summed E-state index contributed by atoms with van der Waals surface area (Å²) in [6.45, 7) is 1.10. The number of likely N-dealkylation sites (tertiary alicyclic amines) is 1. The maximum absolute atomic E-state index is 11.5. The number of terminal acetylenes is 1. The minimum Gasteiger partial charge on any atom is -0.476 e. The second-order valence-corrected chi connectivity index (χ2v) is 3.81. The smallest absolute Gasteiger partial charge is 0.358 e. The number of rotatable bonds is 3. The molecule has 0 unspecified atom stereocenters. The number of hydrogen-bond donors (Lipinski definition) is 2. The Kier molecular flexibility index (Phi) is 3.14. The molecule has 1 fully saturated rings. The van der Waals surface area contributed by atoms with Gasteiger partial charge >= 0.3 is 12.0 Å². The van der Waals surface area contributed by atoms with Crippen molar-refractivity contribution in [3.63, 3.8) is 0 Å². The number of carboxylic acid groups (broad SMARTS) is 1. The van der Waals surface area contributed by atoms with Gasteiger partial charge in [0, 0.05) is 13.1 Å². The van der Waals surface area contributed by atoms with E-state index in [1.807, 2.05) is 0 Å². The summed E-state index contributed by atoms with van der Waals surface area (Å²) in [4.78, 5) is 23.6. The van der Waals surface area contributed by atoms with Gasteiger partial charge in [0.25, 0.3) is 0 Å². The Morgan fingerprint density at radius 2 is 2.33 bits per heavy atom. The number of aromatic carboxylic acids is 1. The maximum atomic E-state index is 11.5. The van der Waals surface area contributed by atoms with Crippen LogP contribution in [0.25, 0.3) is 0 Å². The van der Waals surface area contributed by atoms with E-state index in [-0.39, 0.29) is 24.3 Å². The topological polar surface area (TPSA) is 100 Å². The first kappa shape index (κ1) is 11.9. The highest BCUT2D eigenvalue weighted by atomic mass is 16.4. The molecule has 2 heterocycles. The zero-order valence-electron chi connectivity index (χ0n) is 9.41. The van der Waals surface area contributed by atoms with Crippen LogP contribution in [0.4, 0.5) is 4.79 Å². The zero-order valence-corrected chi connectivity index (χ0v) is 9.41. The number of nitrogens with one attached hydrogen (secondary N) is 1. The number of nitrogens with zero attached hydrogens (tertiary/aromatic N) is 4. The molecule has 94 valence electrons. The number of urea groups is 1. The van der Waals surface area contributed by atoms with Crippen molar-refractivity contribution in [3.05, 3.63) is 11.9 Å². The molecule has 1 aromatic heterocycles. The highest BCUT2D eigenvalue weighted by Crippen LogP contribution is 2.19. The van der Waals surface area contributed by atoms with Crippen LogP contribution in [-0.2, 0) is 0 Å². The lowest BCUT2D eigenvalue weighted by atomic mass is 10.1. The molecular weight excluding hydrogens is 238 g/mol. The molecule has 0 bridgehead atoms. The molecule has 0 aliphatic carbocycles. The Balaban J connectivity index is 1.87. The van der Waals surface area contributed by atoms with Gasteiger partial charge in [0.15, 0.2) is 5.69 Å². The van der Waals surface area contributed by atoms with E-state index in [9.17, 15) is 9.59 Å². The normalized spacial score (nSPS) is 14.7. The first-order valence-corrected chi connectivity index (χ1v) is 5.23. The van der Waals surface area contributed by atoms with Crippen LogP contribution < -0.4 is 5.32 Å². The summed E-state index contributed by atoms with van der Waals surface area (Å²) in [7, 11) is 0. The Bertz CT molecular complexity index is 512. The highest BCUT2D eigenvalue weighted by Gasteiger charge is 2.32. The van der Waals surface area contributed by atoms with Gasteiger partial charge in [-0.3, -0.25) is 0 Å². The van der Waals surface area contributed by atoms with Gasteiger partial charge in [-0.05, 0) is 0 Å². The Labute approximate surface area is 103 Å². The van der Waals surface area contributed by atoms with Gasteiger partial charge in [0.2, 0.25) is 0 Å². The van der Waals surface area contributed by atoms with Gasteiger partial charge in [0.05, 0.1) is 18.8 Å². The van der Waals surface area contributed by atoms with E-state index in [1.165, 1.54) is 10.9 Å². The van der Waals surface area contributed by atoms with Crippen molar-refractivity contribution >= 4 is 12.0 Å². The van der Waals surface area contributed by atoms with Crippen molar-refractivity contribution in [3.8, 4) is 12.3 Å². The Morgan fingerprint density at radius 1 is 1.61 bits per heavy atom. The number of amides is 2. The third kappa shape index (κ3) is 2.24. The minimum absolute atomic E-state index is 0.0396. The summed E-state index contributed by atoms with van der Waals surface area (Å²) in [5.41, 5.74) is -0.106. The monoisotopic (exact) mass is 249 g/mol. The number of carboxylic acids is 1. The van der Waals surface area contributed by atoms with Crippen molar-refractivity contribution in [2.75, 3.05) is 19.6 Å². The van der Waals surface area contributed by atoms with Gasteiger partial charge in [-0.25, -0.2) is 14.3 Å². The molecule has 0 spiro atoms. The van der Waals surface area contributed by atoms with Gasteiger partial charge in [-0.1, -0.05) is 11.1 Å². The largest absolute Gasteiger partial charge is 0.476 e. The summed E-state index contributed by atoms with van der Waals surface area (Å²) in [6.07, 6.45) is 6.38. The van der Waals surface area contributed by atoms with Gasteiger partial charge < -0.3 is 15.3 Å². The predicted octanol–water partition coefficient (Wildman–Crippen LogP) is -0.824. The Morgan fingerprint density at radius 3 is 2.89 bits per heavy atom. The second kappa shape index (κ2) is 4.75. The standard InChI is InChI=1S/C10H11N5O3/c1-2-3-11-10(18)14-4-7(5-14)15-6-8(9(16)17)12-13-15/h1,6-7H,3-5H2,(H,11,18)(H,16,17). The summed E-state index contributed by atoms with van der Waals surface area (Å²) in [5.74, 6) is 1.19. The lowest BCUT2D eigenvalue weighted by Crippen LogP contribution is -2.54. The van der Waals surface area contributed by atoms with Crippen molar-refractivity contribution < 1.29 is 14.7 Å². The van der Waals surface area contributed by atoms with Crippen molar-refractivity contribution in [2.45, 2.75) is 6.04 Å². The van der Waals surface area contributed by atoms with E-state index in [0.717, 1.165) is 0 Å². The van der Waals surface area contributed by atoms with E-state index >= 15 is 0 Å². The summed E-state index contributed by atoms with van der Waals surface area (Å²) >= 11 is 0. The molecule has 1 aromatic rings. The molecule has 2 rings (SSSR count). The molecule has 0 saturated carbocycles. The van der Waals surface area contributed by atoms with Crippen LogP contribution in [0.2, 0.25) is 0 Å². The molecule has 1 saturated heterocycles. The van der Waals surface area contributed by atoms with Crippen LogP contribution in [0, 0.1) is 12.3 Å². The third-order valence-corrected chi connectivity index (χ3v) is 2.59. The number of aromatic nitrogens is 3. The SMILES string of the molecule is C#CCNC(=O)N1CC(n2cc(C(=O)O)nn2)C1. The zero-order chi connectivity index (χ0) is 13.1. The van der Waals surface area contributed by atoms with Crippen LogP contribution >= 0.6 is 0 Å². The molecule has 18 heavy (non-hydrogen) atoms. The quantitative estimate of drug-likeness (QED) is 0.681. The van der Waals surface area contributed by atoms with E-state index in [0.29, 0.717) is 13.1 Å². The fourth-order valence-electron chi connectivity index (χ4n) is 1.58. The van der Waals surface area contributed by atoms with E-state index in [4.69, 9.17) is 11.5 Å². The fraction of sp³-hybridized carbons (Fsp3) is 0.400. The summed E-state index contributed by atoms with van der Waals surface area (Å²) < 4.78 is 1.45. The molecule has 2 N–H and O–H groups in total. The lowest BCUT2D eigenvalue weighted by Gasteiger charge is -2.38. The average molecular weight is 249 g/mol. The minimum atomic E-state index is -1.12.